The summed E-state index contributed by atoms with van der Waals surface area (Å²) in [5.41, 5.74) is 1.70. The average molecular weight is 516 g/mol. The van der Waals surface area contributed by atoms with Crippen LogP contribution < -0.4 is 25.0 Å². The number of benzene rings is 1. The smallest absolute Gasteiger partial charge is 0.265 e. The van der Waals surface area contributed by atoms with Gasteiger partial charge in [0.1, 0.15) is 5.75 Å². The Bertz CT molecular complexity index is 1060. The van der Waals surface area contributed by atoms with E-state index in [1.54, 1.807) is 0 Å². The maximum absolute atomic E-state index is 12.4. The van der Waals surface area contributed by atoms with Crippen molar-refractivity contribution in [2.75, 3.05) is 49.6 Å². The topological polar surface area (TPSA) is 96.0 Å². The van der Waals surface area contributed by atoms with Crippen molar-refractivity contribution in [2.45, 2.75) is 25.4 Å². The molecule has 0 aliphatic carbocycles. The van der Waals surface area contributed by atoms with Crippen molar-refractivity contribution in [3.8, 4) is 11.5 Å². The van der Waals surface area contributed by atoms with E-state index in [1.165, 1.54) is 0 Å². The first kappa shape index (κ1) is 22.1. The van der Waals surface area contributed by atoms with Gasteiger partial charge in [-0.2, -0.15) is 0 Å². The standard InChI is InChI=1S/C23H26BrN5O4/c24-15-1-3-19-18(11-15)29(22(31)14-33-19)10-9-28-7-5-16(6-8-28)25-12-17-2-4-20-23(26-17)27-21(30)13-32-20/h1-4,11,16,25H,5-10,12-14H2,(H,26,27,30). The van der Waals surface area contributed by atoms with Crippen LogP contribution in [-0.2, 0) is 16.1 Å². The molecule has 1 saturated heterocycles. The zero-order valence-corrected chi connectivity index (χ0v) is 19.8. The van der Waals surface area contributed by atoms with Gasteiger partial charge in [0.2, 0.25) is 0 Å². The van der Waals surface area contributed by atoms with Gasteiger partial charge in [-0.3, -0.25) is 9.59 Å². The van der Waals surface area contributed by atoms with Crippen LogP contribution in [0.5, 0.6) is 11.5 Å². The van der Waals surface area contributed by atoms with Crippen LogP contribution in [0, 0.1) is 0 Å². The number of carbonyl (C=O) groups is 2. The van der Waals surface area contributed by atoms with Gasteiger partial charge in [0.05, 0.1) is 11.4 Å². The minimum absolute atomic E-state index is 0.00343. The quantitative estimate of drug-likeness (QED) is 0.608. The minimum atomic E-state index is -0.178. The van der Waals surface area contributed by atoms with E-state index in [0.29, 0.717) is 30.7 Å². The fraction of sp³-hybridized carbons (Fsp3) is 0.435. The summed E-state index contributed by atoms with van der Waals surface area (Å²) in [6.07, 6.45) is 2.06. The third kappa shape index (κ3) is 5.13. The van der Waals surface area contributed by atoms with Gasteiger partial charge < -0.3 is 29.9 Å². The predicted molar refractivity (Wildman–Crippen MR) is 127 cm³/mol. The zero-order valence-electron chi connectivity index (χ0n) is 18.2. The summed E-state index contributed by atoms with van der Waals surface area (Å²) in [4.78, 5) is 32.7. The second-order valence-electron chi connectivity index (χ2n) is 8.43. The second-order valence-corrected chi connectivity index (χ2v) is 9.34. The Kier molecular flexibility index (Phi) is 6.48. The normalized spacial score (nSPS) is 18.8. The molecule has 0 saturated carbocycles. The molecule has 0 spiro atoms. The third-order valence-electron chi connectivity index (χ3n) is 6.20. The molecule has 33 heavy (non-hydrogen) atoms. The number of ether oxygens (including phenoxy) is 2. The molecular formula is C23H26BrN5O4. The molecule has 1 aromatic carbocycles. The van der Waals surface area contributed by atoms with Crippen molar-refractivity contribution in [1.82, 2.24) is 15.2 Å². The van der Waals surface area contributed by atoms with Gasteiger partial charge >= 0.3 is 0 Å². The van der Waals surface area contributed by atoms with E-state index in [4.69, 9.17) is 9.47 Å². The highest BCUT2D eigenvalue weighted by Crippen LogP contribution is 2.34. The maximum Gasteiger partial charge on any atom is 0.265 e. The molecule has 5 rings (SSSR count). The first-order valence-electron chi connectivity index (χ1n) is 11.2. The van der Waals surface area contributed by atoms with Gasteiger partial charge in [0, 0.05) is 30.1 Å². The van der Waals surface area contributed by atoms with Gasteiger partial charge in [-0.05, 0) is 56.3 Å². The number of rotatable bonds is 6. The number of amides is 2. The van der Waals surface area contributed by atoms with Crippen molar-refractivity contribution < 1.29 is 19.1 Å². The Labute approximate surface area is 200 Å². The Morgan fingerprint density at radius 3 is 2.70 bits per heavy atom. The van der Waals surface area contributed by atoms with Crippen molar-refractivity contribution in [3.05, 3.63) is 40.5 Å². The van der Waals surface area contributed by atoms with E-state index in [1.807, 2.05) is 35.2 Å². The molecule has 0 bridgehead atoms. The Morgan fingerprint density at radius 1 is 1.06 bits per heavy atom. The highest BCUT2D eigenvalue weighted by Gasteiger charge is 2.27. The van der Waals surface area contributed by atoms with Gasteiger partial charge in [0.25, 0.3) is 11.8 Å². The van der Waals surface area contributed by atoms with Crippen molar-refractivity contribution >= 4 is 39.2 Å². The van der Waals surface area contributed by atoms with E-state index < -0.39 is 0 Å². The number of halogens is 1. The van der Waals surface area contributed by atoms with E-state index >= 15 is 0 Å². The molecule has 2 amide bonds. The number of nitrogens with one attached hydrogen (secondary N) is 2. The number of aromatic nitrogens is 1. The molecule has 9 nitrogen and oxygen atoms in total. The molecule has 0 radical (unpaired) electrons. The number of nitrogens with zero attached hydrogens (tertiary/aromatic N) is 3. The van der Waals surface area contributed by atoms with Crippen LogP contribution in [0.2, 0.25) is 0 Å². The second kappa shape index (κ2) is 9.66. The van der Waals surface area contributed by atoms with Crippen molar-refractivity contribution in [3.63, 3.8) is 0 Å². The number of anilines is 2. The Hall–Kier alpha value is -2.69. The Morgan fingerprint density at radius 2 is 1.85 bits per heavy atom. The highest BCUT2D eigenvalue weighted by atomic mass is 79.9. The lowest BCUT2D eigenvalue weighted by atomic mass is 10.0. The summed E-state index contributed by atoms with van der Waals surface area (Å²) in [5.74, 6) is 1.67. The van der Waals surface area contributed by atoms with Crippen LogP contribution in [0.25, 0.3) is 0 Å². The lowest BCUT2D eigenvalue weighted by molar-refractivity contribution is -0.121. The average Bonchev–Trinajstić information content (AvgIpc) is 2.82. The molecule has 10 heteroatoms. The van der Waals surface area contributed by atoms with E-state index in [0.717, 1.165) is 54.1 Å². The number of hydrogen-bond acceptors (Lipinski definition) is 7. The summed E-state index contributed by atoms with van der Waals surface area (Å²) < 4.78 is 11.9. The van der Waals surface area contributed by atoms with Gasteiger partial charge in [-0.15, -0.1) is 0 Å². The largest absolute Gasteiger partial charge is 0.482 e. The van der Waals surface area contributed by atoms with Crippen LogP contribution in [0.1, 0.15) is 18.5 Å². The van der Waals surface area contributed by atoms with Crippen LogP contribution in [0.15, 0.2) is 34.8 Å². The lowest BCUT2D eigenvalue weighted by Gasteiger charge is -2.35. The van der Waals surface area contributed by atoms with E-state index in [2.05, 4.69) is 36.4 Å². The first-order chi connectivity index (χ1) is 16.0. The molecule has 2 N–H and O–H groups in total. The van der Waals surface area contributed by atoms with E-state index in [-0.39, 0.29) is 25.0 Å². The molecule has 1 fully saturated rings. The number of hydrogen-bond donors (Lipinski definition) is 2. The maximum atomic E-state index is 12.4. The molecule has 0 unspecified atom stereocenters. The summed E-state index contributed by atoms with van der Waals surface area (Å²) in [5, 5.41) is 6.33. The summed E-state index contributed by atoms with van der Waals surface area (Å²) in [6.45, 7) is 4.20. The predicted octanol–water partition coefficient (Wildman–Crippen LogP) is 2.15. The highest BCUT2D eigenvalue weighted by molar-refractivity contribution is 9.10. The molecule has 3 aliphatic heterocycles. The Balaban J connectivity index is 1.09. The minimum Gasteiger partial charge on any atom is -0.482 e. The molecule has 4 heterocycles. The lowest BCUT2D eigenvalue weighted by Crippen LogP contribution is -2.47. The molecule has 1 aromatic heterocycles. The molecular weight excluding hydrogens is 490 g/mol. The number of fused-ring (bicyclic) bond motifs is 2. The molecule has 0 atom stereocenters. The fourth-order valence-electron chi connectivity index (χ4n) is 4.37. The monoisotopic (exact) mass is 515 g/mol. The number of likely N-dealkylation sites (tertiary alicyclic amines) is 1. The fourth-order valence-corrected chi connectivity index (χ4v) is 4.72. The van der Waals surface area contributed by atoms with Crippen molar-refractivity contribution in [1.29, 1.82) is 0 Å². The summed E-state index contributed by atoms with van der Waals surface area (Å²) in [6, 6.07) is 9.95. The zero-order chi connectivity index (χ0) is 22.8. The van der Waals surface area contributed by atoms with Crippen LogP contribution in [0.4, 0.5) is 11.5 Å². The van der Waals surface area contributed by atoms with E-state index in [9.17, 15) is 9.59 Å². The molecule has 3 aliphatic rings. The van der Waals surface area contributed by atoms with Gasteiger partial charge in [0.15, 0.2) is 24.8 Å². The van der Waals surface area contributed by atoms with Crippen molar-refractivity contribution in [2.24, 2.45) is 0 Å². The van der Waals surface area contributed by atoms with Crippen LogP contribution >= 0.6 is 15.9 Å². The van der Waals surface area contributed by atoms with Gasteiger partial charge in [-0.25, -0.2) is 4.98 Å². The van der Waals surface area contributed by atoms with Crippen LogP contribution in [0.3, 0.4) is 0 Å². The summed E-state index contributed by atoms with van der Waals surface area (Å²) in [7, 11) is 0. The number of carbonyl (C=O) groups excluding carboxylic acids is 2. The first-order valence-corrected chi connectivity index (χ1v) is 12.0. The number of pyridine rings is 1. The SMILES string of the molecule is O=C1COc2ccc(CNC3CCN(CCN4C(=O)COc5ccc(Br)cc54)CC3)nc2N1. The third-order valence-corrected chi connectivity index (χ3v) is 6.69. The number of piperidine rings is 1. The molecule has 174 valence electrons. The van der Waals surface area contributed by atoms with Gasteiger partial charge in [-0.1, -0.05) is 15.9 Å². The summed E-state index contributed by atoms with van der Waals surface area (Å²) >= 11 is 3.48. The molecule has 2 aromatic rings. The van der Waals surface area contributed by atoms with Crippen LogP contribution in [-0.4, -0.2) is 67.1 Å².